The molecule has 0 spiro atoms. The van der Waals surface area contributed by atoms with Crippen molar-refractivity contribution in [1.82, 2.24) is 0 Å². The van der Waals surface area contributed by atoms with Crippen LogP contribution in [0.2, 0.25) is 0 Å². The Morgan fingerprint density at radius 1 is 0.323 bits per heavy atom. The van der Waals surface area contributed by atoms with E-state index in [4.69, 9.17) is 14.2 Å². The molecule has 0 aromatic heterocycles. The highest BCUT2D eigenvalue weighted by Crippen LogP contribution is 2.15. The molecule has 0 aliphatic rings. The van der Waals surface area contributed by atoms with Crippen LogP contribution in [0, 0.1) is 0 Å². The summed E-state index contributed by atoms with van der Waals surface area (Å²) in [7, 11) is 0. The molecule has 374 valence electrons. The van der Waals surface area contributed by atoms with Gasteiger partial charge >= 0.3 is 17.9 Å². The van der Waals surface area contributed by atoms with Crippen LogP contribution < -0.4 is 0 Å². The zero-order valence-electron chi connectivity index (χ0n) is 42.7. The molecule has 0 radical (unpaired) electrons. The number of rotatable bonds is 49. The second-order valence-corrected chi connectivity index (χ2v) is 18.1. The number of esters is 3. The van der Waals surface area contributed by atoms with Crippen LogP contribution in [0.4, 0.5) is 0 Å². The predicted octanol–water partition coefficient (Wildman–Crippen LogP) is 18.2. The summed E-state index contributed by atoms with van der Waals surface area (Å²) >= 11 is 0. The summed E-state index contributed by atoms with van der Waals surface area (Å²) in [5.41, 5.74) is 0. The highest BCUT2D eigenvalue weighted by Gasteiger charge is 2.19. The van der Waals surface area contributed by atoms with Gasteiger partial charge < -0.3 is 14.2 Å². The molecule has 0 aromatic rings. The molecule has 0 heterocycles. The number of carbonyl (C=O) groups excluding carboxylic acids is 3. The van der Waals surface area contributed by atoms with Gasteiger partial charge in [0.1, 0.15) is 13.2 Å². The molecule has 0 amide bonds. The van der Waals surface area contributed by atoms with Crippen LogP contribution in [0.25, 0.3) is 0 Å². The lowest BCUT2D eigenvalue weighted by Gasteiger charge is -2.18. The number of carbonyl (C=O) groups is 3. The third kappa shape index (κ3) is 51.7. The van der Waals surface area contributed by atoms with Gasteiger partial charge in [0.15, 0.2) is 6.10 Å². The first-order valence-electron chi connectivity index (χ1n) is 27.4. The summed E-state index contributed by atoms with van der Waals surface area (Å²) in [6.45, 7) is 6.48. The van der Waals surface area contributed by atoms with E-state index in [1.165, 1.54) is 122 Å². The molecule has 65 heavy (non-hydrogen) atoms. The van der Waals surface area contributed by atoms with Crippen LogP contribution in [0.5, 0.6) is 0 Å². The van der Waals surface area contributed by atoms with Crippen molar-refractivity contribution in [3.8, 4) is 0 Å². The predicted molar refractivity (Wildman–Crippen MR) is 279 cm³/mol. The van der Waals surface area contributed by atoms with Crippen molar-refractivity contribution >= 4 is 17.9 Å². The molecule has 1 unspecified atom stereocenters. The van der Waals surface area contributed by atoms with Crippen LogP contribution in [0.3, 0.4) is 0 Å². The molecule has 0 aliphatic carbocycles. The van der Waals surface area contributed by atoms with Gasteiger partial charge in [-0.15, -0.1) is 0 Å². The Hall–Kier alpha value is -3.15. The minimum absolute atomic E-state index is 0.0886. The fourth-order valence-corrected chi connectivity index (χ4v) is 7.58. The van der Waals surface area contributed by atoms with Crippen LogP contribution in [0.1, 0.15) is 265 Å². The van der Waals surface area contributed by atoms with E-state index in [1.807, 2.05) is 0 Å². The second kappa shape index (κ2) is 53.5. The summed E-state index contributed by atoms with van der Waals surface area (Å²) in [6.07, 6.45) is 67.4. The van der Waals surface area contributed by atoms with Crippen LogP contribution in [-0.4, -0.2) is 37.2 Å². The van der Waals surface area contributed by atoms with E-state index < -0.39 is 6.10 Å². The first-order chi connectivity index (χ1) is 32.0. The van der Waals surface area contributed by atoms with E-state index in [0.29, 0.717) is 19.3 Å². The Morgan fingerprint density at radius 2 is 0.600 bits per heavy atom. The van der Waals surface area contributed by atoms with Crippen molar-refractivity contribution in [3.63, 3.8) is 0 Å². The van der Waals surface area contributed by atoms with E-state index in [-0.39, 0.29) is 31.1 Å². The zero-order valence-corrected chi connectivity index (χ0v) is 42.7. The smallest absolute Gasteiger partial charge is 0.306 e. The second-order valence-electron chi connectivity index (χ2n) is 18.1. The Balaban J connectivity index is 4.42. The van der Waals surface area contributed by atoms with Gasteiger partial charge in [-0.1, -0.05) is 229 Å². The molecule has 0 saturated heterocycles. The van der Waals surface area contributed by atoms with E-state index in [0.717, 1.165) is 103 Å². The van der Waals surface area contributed by atoms with Crippen LogP contribution in [-0.2, 0) is 28.6 Å². The van der Waals surface area contributed by atoms with Gasteiger partial charge in [0.05, 0.1) is 0 Å². The largest absolute Gasteiger partial charge is 0.462 e. The average Bonchev–Trinajstić information content (AvgIpc) is 3.30. The Bertz CT molecular complexity index is 1230. The number of unbranched alkanes of at least 4 members (excludes halogenated alkanes) is 26. The maximum absolute atomic E-state index is 12.8. The minimum Gasteiger partial charge on any atom is -0.462 e. The molecule has 0 N–H and O–H groups in total. The lowest BCUT2D eigenvalue weighted by molar-refractivity contribution is -0.167. The van der Waals surface area contributed by atoms with E-state index >= 15 is 0 Å². The SMILES string of the molecule is CC/C=C\C/C=C\C/C=C\C/C=C\C/C=C\CCCCCC(=O)OCC(COC(=O)CCCCCCC/C=C\CCCCC)OC(=O)CCCCCCCCCCCCCCCCCC. The Kier molecular flexibility index (Phi) is 50.9. The summed E-state index contributed by atoms with van der Waals surface area (Å²) in [6, 6.07) is 0. The molecular formula is C59H102O6. The number of allylic oxidation sites excluding steroid dienone is 12. The lowest BCUT2D eigenvalue weighted by atomic mass is 10.0. The molecule has 0 saturated carbocycles. The van der Waals surface area contributed by atoms with Gasteiger partial charge in [-0.2, -0.15) is 0 Å². The van der Waals surface area contributed by atoms with Crippen LogP contribution >= 0.6 is 0 Å². The molecule has 0 aliphatic heterocycles. The first kappa shape index (κ1) is 61.9. The molecule has 6 nitrogen and oxygen atoms in total. The van der Waals surface area contributed by atoms with Gasteiger partial charge in [-0.05, 0) is 89.9 Å². The maximum atomic E-state index is 12.8. The first-order valence-corrected chi connectivity index (χ1v) is 27.4. The topological polar surface area (TPSA) is 78.9 Å². The normalized spacial score (nSPS) is 12.6. The van der Waals surface area contributed by atoms with Crippen molar-refractivity contribution < 1.29 is 28.6 Å². The van der Waals surface area contributed by atoms with E-state index in [2.05, 4.69) is 93.7 Å². The van der Waals surface area contributed by atoms with Crippen molar-refractivity contribution in [2.75, 3.05) is 13.2 Å². The Labute approximate surface area is 402 Å². The molecule has 0 fully saturated rings. The molecule has 1 atom stereocenters. The van der Waals surface area contributed by atoms with Gasteiger partial charge in [-0.3, -0.25) is 14.4 Å². The van der Waals surface area contributed by atoms with Gasteiger partial charge in [-0.25, -0.2) is 0 Å². The zero-order chi connectivity index (χ0) is 47.2. The van der Waals surface area contributed by atoms with E-state index in [9.17, 15) is 14.4 Å². The summed E-state index contributed by atoms with van der Waals surface area (Å²) < 4.78 is 16.8. The quantitative estimate of drug-likeness (QED) is 0.0262. The number of hydrogen-bond acceptors (Lipinski definition) is 6. The number of hydrogen-bond donors (Lipinski definition) is 0. The third-order valence-corrected chi connectivity index (χ3v) is 11.7. The van der Waals surface area contributed by atoms with Crippen molar-refractivity contribution in [3.05, 3.63) is 72.9 Å². The van der Waals surface area contributed by atoms with Gasteiger partial charge in [0.2, 0.25) is 0 Å². The summed E-state index contributed by atoms with van der Waals surface area (Å²) in [4.78, 5) is 38.0. The molecule has 0 bridgehead atoms. The van der Waals surface area contributed by atoms with Gasteiger partial charge in [0.25, 0.3) is 0 Å². The fraction of sp³-hybridized carbons (Fsp3) is 0.746. The highest BCUT2D eigenvalue weighted by atomic mass is 16.6. The monoisotopic (exact) mass is 907 g/mol. The van der Waals surface area contributed by atoms with E-state index in [1.54, 1.807) is 0 Å². The average molecular weight is 907 g/mol. The minimum atomic E-state index is -0.790. The van der Waals surface area contributed by atoms with Crippen LogP contribution in [0.15, 0.2) is 72.9 Å². The Morgan fingerprint density at radius 3 is 1.00 bits per heavy atom. The highest BCUT2D eigenvalue weighted by molar-refractivity contribution is 5.71. The number of ether oxygens (including phenoxy) is 3. The molecule has 0 rings (SSSR count). The fourth-order valence-electron chi connectivity index (χ4n) is 7.58. The standard InChI is InChI=1S/C59H102O6/c1-4-7-10-13-16-19-22-25-27-29-30-31-33-34-37-40-43-46-49-52-58(61)64-55-56(54-63-57(60)51-48-45-42-39-36-24-21-18-15-12-9-6-3)65-59(62)53-50-47-44-41-38-35-32-28-26-23-20-17-14-11-8-5-2/h7,10,16,18-19,21,25,27,30-31,34,37,56H,4-6,8-9,11-15,17,20,22-24,26,28-29,32-33,35-36,38-55H2,1-3H3/b10-7-,19-16-,21-18-,27-25-,31-30-,37-34-. The lowest BCUT2D eigenvalue weighted by Crippen LogP contribution is -2.30. The van der Waals surface area contributed by atoms with Crippen molar-refractivity contribution in [2.45, 2.75) is 271 Å². The summed E-state index contributed by atoms with van der Waals surface area (Å²) in [5.74, 6) is -0.923. The third-order valence-electron chi connectivity index (χ3n) is 11.7. The molecule has 0 aromatic carbocycles. The van der Waals surface area contributed by atoms with Crippen molar-refractivity contribution in [1.29, 1.82) is 0 Å². The molecule has 6 heteroatoms. The van der Waals surface area contributed by atoms with Crippen molar-refractivity contribution in [2.24, 2.45) is 0 Å². The molecular weight excluding hydrogens is 805 g/mol. The van der Waals surface area contributed by atoms with Gasteiger partial charge in [0, 0.05) is 19.3 Å². The summed E-state index contributed by atoms with van der Waals surface area (Å²) in [5, 5.41) is 0. The maximum Gasteiger partial charge on any atom is 0.306 e.